The van der Waals surface area contributed by atoms with Gasteiger partial charge in [0.1, 0.15) is 0 Å². The predicted octanol–water partition coefficient (Wildman–Crippen LogP) is 1.82. The minimum absolute atomic E-state index is 0.0781. The van der Waals surface area contributed by atoms with Crippen molar-refractivity contribution < 1.29 is 19.7 Å². The number of hydrogen-bond acceptors (Lipinski definition) is 5. The van der Waals surface area contributed by atoms with Crippen LogP contribution in [0, 0.1) is 0 Å². The van der Waals surface area contributed by atoms with Gasteiger partial charge in [0.2, 0.25) is 0 Å². The van der Waals surface area contributed by atoms with Crippen LogP contribution in [0.1, 0.15) is 23.3 Å². The molecule has 6 heteroatoms. The number of ether oxygens (including phenoxy) is 1. The number of carboxylic acids is 1. The van der Waals surface area contributed by atoms with Crippen LogP contribution in [0.2, 0.25) is 0 Å². The van der Waals surface area contributed by atoms with Crippen molar-refractivity contribution in [1.82, 2.24) is 4.90 Å². The predicted molar refractivity (Wildman–Crippen MR) is 82.3 cm³/mol. The molecule has 0 aliphatic carbocycles. The van der Waals surface area contributed by atoms with Crippen molar-refractivity contribution >= 4 is 23.4 Å². The van der Waals surface area contributed by atoms with Gasteiger partial charge in [-0.3, -0.25) is 4.90 Å². The molecule has 1 aliphatic rings. The van der Waals surface area contributed by atoms with Crippen LogP contribution in [0.4, 0.5) is 0 Å². The van der Waals surface area contributed by atoms with Crippen LogP contribution in [0.3, 0.4) is 0 Å². The van der Waals surface area contributed by atoms with Gasteiger partial charge in [-0.05, 0) is 35.9 Å². The fourth-order valence-corrected chi connectivity index (χ4v) is 3.35. The largest absolute Gasteiger partial charge is 0.478 e. The van der Waals surface area contributed by atoms with E-state index in [1.54, 1.807) is 17.4 Å². The number of carboxylic acid groups (broad SMARTS) is 1. The Bertz CT molecular complexity index is 478. The Morgan fingerprint density at radius 2 is 2.24 bits per heavy atom. The summed E-state index contributed by atoms with van der Waals surface area (Å²) in [7, 11) is 0. The van der Waals surface area contributed by atoms with Crippen molar-refractivity contribution in [3.05, 3.63) is 28.0 Å². The van der Waals surface area contributed by atoms with Crippen LogP contribution in [0.15, 0.2) is 17.5 Å². The van der Waals surface area contributed by atoms with Crippen molar-refractivity contribution in [3.8, 4) is 0 Å². The summed E-state index contributed by atoms with van der Waals surface area (Å²) in [6, 6.07) is 1.95. The van der Waals surface area contributed by atoms with Gasteiger partial charge in [0.25, 0.3) is 0 Å². The molecule has 2 rings (SSSR count). The molecule has 1 aliphatic heterocycles. The summed E-state index contributed by atoms with van der Waals surface area (Å²) in [5.74, 6) is -0.922. The third-order valence-electron chi connectivity index (χ3n) is 3.53. The molecule has 2 heterocycles. The Kier molecular flexibility index (Phi) is 6.38. The highest BCUT2D eigenvalue weighted by molar-refractivity contribution is 7.10. The first-order valence-corrected chi connectivity index (χ1v) is 7.99. The standard InChI is InChI=1S/C15H21NO4S/c17-8-9-20-13-3-6-16(7-4-13)11-14-12(5-10-21-14)1-2-15(18)19/h1-2,5,10,13,17H,3-4,6-9,11H2,(H,18,19)/b2-1+. The number of aliphatic carboxylic acids is 1. The lowest BCUT2D eigenvalue weighted by atomic mass is 10.1. The molecule has 1 aromatic heterocycles. The number of thiophene rings is 1. The van der Waals surface area contributed by atoms with Gasteiger partial charge in [-0.1, -0.05) is 0 Å². The van der Waals surface area contributed by atoms with Crippen molar-refractivity contribution in [2.75, 3.05) is 26.3 Å². The number of hydrogen-bond donors (Lipinski definition) is 2. The van der Waals surface area contributed by atoms with Crippen LogP contribution in [0.25, 0.3) is 6.08 Å². The van der Waals surface area contributed by atoms with Crippen molar-refractivity contribution in [2.45, 2.75) is 25.5 Å². The second kappa shape index (κ2) is 8.29. The lowest BCUT2D eigenvalue weighted by Crippen LogP contribution is -2.36. The zero-order chi connectivity index (χ0) is 15.1. The highest BCUT2D eigenvalue weighted by Gasteiger charge is 2.20. The first-order chi connectivity index (χ1) is 10.2. The molecule has 0 radical (unpaired) electrons. The quantitative estimate of drug-likeness (QED) is 0.752. The summed E-state index contributed by atoms with van der Waals surface area (Å²) in [5, 5.41) is 19.5. The fraction of sp³-hybridized carbons (Fsp3) is 0.533. The molecule has 0 bridgehead atoms. The van der Waals surface area contributed by atoms with Gasteiger partial charge in [0.15, 0.2) is 0 Å². The van der Waals surface area contributed by atoms with Crippen LogP contribution >= 0.6 is 11.3 Å². The van der Waals surface area contributed by atoms with Gasteiger partial charge < -0.3 is 14.9 Å². The number of nitrogens with zero attached hydrogens (tertiary/aromatic N) is 1. The zero-order valence-corrected chi connectivity index (χ0v) is 12.7. The Labute approximate surface area is 128 Å². The van der Waals surface area contributed by atoms with E-state index in [1.165, 1.54) is 11.0 Å². The number of carbonyl (C=O) groups is 1. The second-order valence-electron chi connectivity index (χ2n) is 5.04. The summed E-state index contributed by atoms with van der Waals surface area (Å²) >= 11 is 1.66. The molecule has 21 heavy (non-hydrogen) atoms. The van der Waals surface area contributed by atoms with Gasteiger partial charge in [-0.25, -0.2) is 4.79 Å². The Hall–Kier alpha value is -1.21. The van der Waals surface area contributed by atoms with Crippen LogP contribution < -0.4 is 0 Å². The lowest BCUT2D eigenvalue weighted by molar-refractivity contribution is -0.131. The first kappa shape index (κ1) is 16.2. The Morgan fingerprint density at radius 3 is 2.90 bits per heavy atom. The van der Waals surface area contributed by atoms with E-state index >= 15 is 0 Å². The Morgan fingerprint density at radius 1 is 1.48 bits per heavy atom. The highest BCUT2D eigenvalue weighted by Crippen LogP contribution is 2.23. The van der Waals surface area contributed by atoms with E-state index in [0.717, 1.165) is 38.0 Å². The minimum Gasteiger partial charge on any atom is -0.478 e. The van der Waals surface area contributed by atoms with Crippen LogP contribution in [-0.2, 0) is 16.1 Å². The van der Waals surface area contributed by atoms with Crippen LogP contribution in [-0.4, -0.2) is 53.5 Å². The SMILES string of the molecule is O=C(O)/C=C/c1ccsc1CN1CCC(OCCO)CC1. The molecule has 0 aromatic carbocycles. The number of aliphatic hydroxyl groups is 1. The molecule has 1 fully saturated rings. The molecule has 0 atom stereocenters. The van der Waals surface area contributed by atoms with E-state index in [2.05, 4.69) is 4.90 Å². The number of rotatable bonds is 7. The molecule has 0 spiro atoms. The average Bonchev–Trinajstić information content (AvgIpc) is 2.91. The maximum absolute atomic E-state index is 10.6. The van der Waals surface area contributed by atoms with E-state index in [9.17, 15) is 4.79 Å². The maximum atomic E-state index is 10.6. The number of likely N-dealkylation sites (tertiary alicyclic amines) is 1. The van der Waals surface area contributed by atoms with E-state index < -0.39 is 5.97 Å². The fourth-order valence-electron chi connectivity index (χ4n) is 2.45. The first-order valence-electron chi connectivity index (χ1n) is 7.11. The van der Waals surface area contributed by atoms with Crippen molar-refractivity contribution in [3.63, 3.8) is 0 Å². The smallest absolute Gasteiger partial charge is 0.328 e. The normalized spacial score (nSPS) is 17.6. The second-order valence-corrected chi connectivity index (χ2v) is 6.04. The molecule has 0 unspecified atom stereocenters. The van der Waals surface area contributed by atoms with E-state index in [-0.39, 0.29) is 12.7 Å². The molecule has 0 amide bonds. The minimum atomic E-state index is -0.922. The molecular weight excluding hydrogens is 290 g/mol. The van der Waals surface area contributed by atoms with Gasteiger partial charge in [-0.2, -0.15) is 0 Å². The molecule has 1 saturated heterocycles. The van der Waals surface area contributed by atoms with Crippen molar-refractivity contribution in [2.24, 2.45) is 0 Å². The van der Waals surface area contributed by atoms with Crippen molar-refractivity contribution in [1.29, 1.82) is 0 Å². The van der Waals surface area contributed by atoms with Gasteiger partial charge in [0, 0.05) is 30.6 Å². The summed E-state index contributed by atoms with van der Waals surface area (Å²) in [4.78, 5) is 14.2. The molecule has 1 aromatic rings. The average molecular weight is 311 g/mol. The molecule has 2 N–H and O–H groups in total. The monoisotopic (exact) mass is 311 g/mol. The maximum Gasteiger partial charge on any atom is 0.328 e. The highest BCUT2D eigenvalue weighted by atomic mass is 32.1. The Balaban J connectivity index is 1.84. The lowest BCUT2D eigenvalue weighted by Gasteiger charge is -2.31. The zero-order valence-electron chi connectivity index (χ0n) is 11.9. The summed E-state index contributed by atoms with van der Waals surface area (Å²) < 4.78 is 5.55. The van der Waals surface area contributed by atoms with E-state index in [0.29, 0.717) is 6.61 Å². The third kappa shape index (κ3) is 5.24. The summed E-state index contributed by atoms with van der Waals surface area (Å²) in [6.07, 6.45) is 5.05. The van der Waals surface area contributed by atoms with Gasteiger partial charge in [0.05, 0.1) is 19.3 Å². The van der Waals surface area contributed by atoms with Crippen LogP contribution in [0.5, 0.6) is 0 Å². The summed E-state index contributed by atoms with van der Waals surface area (Å²) in [6.45, 7) is 3.28. The van der Waals surface area contributed by atoms with Gasteiger partial charge in [-0.15, -0.1) is 11.3 Å². The van der Waals surface area contributed by atoms with E-state index in [1.807, 2.05) is 11.4 Å². The molecule has 116 valence electrons. The molecular formula is C15H21NO4S. The molecule has 5 nitrogen and oxygen atoms in total. The number of piperidine rings is 1. The van der Waals surface area contributed by atoms with Gasteiger partial charge >= 0.3 is 5.97 Å². The van der Waals surface area contributed by atoms with E-state index in [4.69, 9.17) is 14.9 Å². The molecule has 0 saturated carbocycles. The summed E-state index contributed by atoms with van der Waals surface area (Å²) in [5.41, 5.74) is 0.987. The third-order valence-corrected chi connectivity index (χ3v) is 4.45. The topological polar surface area (TPSA) is 70.0 Å². The number of aliphatic hydroxyl groups excluding tert-OH is 1.